The van der Waals surface area contributed by atoms with E-state index in [1.165, 1.54) is 0 Å². The molecule has 1 aromatic carbocycles. The zero-order valence-corrected chi connectivity index (χ0v) is 13.0. The van der Waals surface area contributed by atoms with Gasteiger partial charge in [0.2, 0.25) is 5.91 Å². The summed E-state index contributed by atoms with van der Waals surface area (Å²) in [5, 5.41) is 0. The molecule has 1 aromatic rings. The molecule has 2 nitrogen and oxygen atoms in total. The highest BCUT2D eigenvalue weighted by molar-refractivity contribution is 9.10. The van der Waals surface area contributed by atoms with Crippen LogP contribution in [-0.2, 0) is 11.3 Å². The summed E-state index contributed by atoms with van der Waals surface area (Å²) in [5.74, 6) is 0.366. The molecule has 100 valence electrons. The van der Waals surface area contributed by atoms with Gasteiger partial charge in [-0.05, 0) is 24.1 Å². The lowest BCUT2D eigenvalue weighted by molar-refractivity contribution is -0.134. The van der Waals surface area contributed by atoms with Crippen LogP contribution in [0.1, 0.15) is 38.7 Å². The van der Waals surface area contributed by atoms with Gasteiger partial charge in [-0.15, -0.1) is 0 Å². The van der Waals surface area contributed by atoms with Crippen LogP contribution in [0, 0.1) is 5.92 Å². The Bertz CT molecular complexity index is 392. The number of hydrogen-bond acceptors (Lipinski definition) is 1. The molecular weight excluding hydrogens is 290 g/mol. The first-order valence-corrected chi connectivity index (χ1v) is 7.33. The maximum absolute atomic E-state index is 12.2. The van der Waals surface area contributed by atoms with E-state index in [4.69, 9.17) is 0 Å². The van der Waals surface area contributed by atoms with Crippen LogP contribution in [0.3, 0.4) is 0 Å². The van der Waals surface area contributed by atoms with E-state index in [9.17, 15) is 4.79 Å². The van der Waals surface area contributed by atoms with Crippen molar-refractivity contribution < 1.29 is 4.79 Å². The molecule has 3 heteroatoms. The quantitative estimate of drug-likeness (QED) is 0.769. The minimum Gasteiger partial charge on any atom is -0.341 e. The fraction of sp³-hybridized carbons (Fsp3) is 0.533. The zero-order chi connectivity index (χ0) is 13.5. The van der Waals surface area contributed by atoms with Gasteiger partial charge < -0.3 is 4.90 Å². The monoisotopic (exact) mass is 311 g/mol. The van der Waals surface area contributed by atoms with Crippen LogP contribution in [0.2, 0.25) is 0 Å². The normalized spacial score (nSPS) is 12.2. The summed E-state index contributed by atoms with van der Waals surface area (Å²) >= 11 is 3.45. The fourth-order valence-electron chi connectivity index (χ4n) is 2.00. The summed E-state index contributed by atoms with van der Waals surface area (Å²) in [6.07, 6.45) is 3.25. The molecule has 0 saturated carbocycles. The molecule has 0 saturated heterocycles. The number of carbonyl (C=O) groups excluding carboxylic acids is 1. The first-order valence-electron chi connectivity index (χ1n) is 6.54. The van der Waals surface area contributed by atoms with Gasteiger partial charge in [0.15, 0.2) is 0 Å². The molecule has 0 aliphatic heterocycles. The van der Waals surface area contributed by atoms with Crippen LogP contribution in [0.4, 0.5) is 0 Å². The molecule has 0 heterocycles. The van der Waals surface area contributed by atoms with E-state index in [0.29, 0.717) is 6.54 Å². The number of benzene rings is 1. The first kappa shape index (κ1) is 15.2. The number of unbranched alkanes of at least 4 members (excludes halogenated alkanes) is 1. The predicted molar refractivity (Wildman–Crippen MR) is 79.3 cm³/mol. The highest BCUT2D eigenvalue weighted by atomic mass is 79.9. The molecule has 0 radical (unpaired) electrons. The summed E-state index contributed by atoms with van der Waals surface area (Å²) in [6, 6.07) is 8.10. The lowest BCUT2D eigenvalue weighted by Crippen LogP contribution is -2.31. The van der Waals surface area contributed by atoms with Crippen molar-refractivity contribution in [3.05, 3.63) is 34.3 Å². The van der Waals surface area contributed by atoms with E-state index < -0.39 is 0 Å². The average molecular weight is 312 g/mol. The van der Waals surface area contributed by atoms with E-state index in [2.05, 4.69) is 28.9 Å². The van der Waals surface area contributed by atoms with Crippen molar-refractivity contribution in [1.82, 2.24) is 4.90 Å². The molecule has 0 fully saturated rings. The second-order valence-corrected chi connectivity index (χ2v) is 5.78. The highest BCUT2D eigenvalue weighted by Crippen LogP contribution is 2.15. The Morgan fingerprint density at radius 1 is 1.44 bits per heavy atom. The van der Waals surface area contributed by atoms with Gasteiger partial charge in [-0.1, -0.05) is 54.8 Å². The van der Waals surface area contributed by atoms with Crippen molar-refractivity contribution in [2.24, 2.45) is 5.92 Å². The van der Waals surface area contributed by atoms with Crippen LogP contribution in [0.5, 0.6) is 0 Å². The topological polar surface area (TPSA) is 20.3 Å². The van der Waals surface area contributed by atoms with Crippen molar-refractivity contribution in [2.75, 3.05) is 7.05 Å². The summed E-state index contributed by atoms with van der Waals surface area (Å²) in [7, 11) is 1.88. The SMILES string of the molecule is CCCCC(C)C(=O)N(C)Cc1cccc(Br)c1. The van der Waals surface area contributed by atoms with Crippen LogP contribution >= 0.6 is 15.9 Å². The van der Waals surface area contributed by atoms with E-state index in [0.717, 1.165) is 29.3 Å². The minimum atomic E-state index is 0.127. The van der Waals surface area contributed by atoms with Crippen molar-refractivity contribution in [3.8, 4) is 0 Å². The lowest BCUT2D eigenvalue weighted by Gasteiger charge is -2.21. The molecule has 1 amide bonds. The summed E-state index contributed by atoms with van der Waals surface area (Å²) < 4.78 is 1.06. The van der Waals surface area contributed by atoms with E-state index in [1.54, 1.807) is 0 Å². The van der Waals surface area contributed by atoms with Crippen molar-refractivity contribution in [2.45, 2.75) is 39.7 Å². The molecule has 0 aliphatic rings. The number of carbonyl (C=O) groups is 1. The van der Waals surface area contributed by atoms with Crippen molar-refractivity contribution in [1.29, 1.82) is 0 Å². The fourth-order valence-corrected chi connectivity index (χ4v) is 2.44. The number of nitrogens with zero attached hydrogens (tertiary/aromatic N) is 1. The van der Waals surface area contributed by atoms with Gasteiger partial charge in [0, 0.05) is 24.0 Å². The molecule has 1 unspecified atom stereocenters. The number of hydrogen-bond donors (Lipinski definition) is 0. The third-order valence-electron chi connectivity index (χ3n) is 3.10. The maximum Gasteiger partial charge on any atom is 0.225 e. The largest absolute Gasteiger partial charge is 0.341 e. The van der Waals surface area contributed by atoms with Crippen molar-refractivity contribution >= 4 is 21.8 Å². The lowest BCUT2D eigenvalue weighted by atomic mass is 10.0. The Morgan fingerprint density at radius 3 is 2.78 bits per heavy atom. The zero-order valence-electron chi connectivity index (χ0n) is 11.4. The molecule has 0 N–H and O–H groups in total. The van der Waals surface area contributed by atoms with E-state index >= 15 is 0 Å². The third kappa shape index (κ3) is 4.81. The molecule has 18 heavy (non-hydrogen) atoms. The second-order valence-electron chi connectivity index (χ2n) is 4.87. The van der Waals surface area contributed by atoms with Gasteiger partial charge >= 0.3 is 0 Å². The standard InChI is InChI=1S/C15H22BrNO/c1-4-5-7-12(2)15(18)17(3)11-13-8-6-9-14(16)10-13/h6,8-10,12H,4-5,7,11H2,1-3H3. The van der Waals surface area contributed by atoms with Gasteiger partial charge in [0.05, 0.1) is 0 Å². The molecule has 1 rings (SSSR count). The van der Waals surface area contributed by atoms with Gasteiger partial charge in [0.25, 0.3) is 0 Å². The van der Waals surface area contributed by atoms with Crippen molar-refractivity contribution in [3.63, 3.8) is 0 Å². The molecule has 0 bridgehead atoms. The van der Waals surface area contributed by atoms with E-state index in [1.807, 2.05) is 37.1 Å². The van der Waals surface area contributed by atoms with Crippen LogP contribution < -0.4 is 0 Å². The molecule has 0 spiro atoms. The highest BCUT2D eigenvalue weighted by Gasteiger charge is 2.16. The van der Waals surface area contributed by atoms with E-state index in [-0.39, 0.29) is 11.8 Å². The van der Waals surface area contributed by atoms with Gasteiger partial charge in [-0.25, -0.2) is 0 Å². The Balaban J connectivity index is 2.54. The Kier molecular flexibility index (Phi) is 6.41. The molecule has 0 aliphatic carbocycles. The van der Waals surface area contributed by atoms with Crippen LogP contribution in [-0.4, -0.2) is 17.9 Å². The Morgan fingerprint density at radius 2 is 2.17 bits per heavy atom. The second kappa shape index (κ2) is 7.57. The minimum absolute atomic E-state index is 0.127. The summed E-state index contributed by atoms with van der Waals surface area (Å²) in [4.78, 5) is 14.0. The Hall–Kier alpha value is -0.830. The molecule has 0 aromatic heterocycles. The van der Waals surface area contributed by atoms with Gasteiger partial charge in [-0.2, -0.15) is 0 Å². The number of halogens is 1. The maximum atomic E-state index is 12.2. The predicted octanol–water partition coefficient (Wildman–Crippen LogP) is 4.23. The van der Waals surface area contributed by atoms with Gasteiger partial charge in [0.1, 0.15) is 0 Å². The average Bonchev–Trinajstić information content (AvgIpc) is 2.35. The number of amides is 1. The Labute approximate surface area is 119 Å². The van der Waals surface area contributed by atoms with Crippen LogP contribution in [0.25, 0.3) is 0 Å². The van der Waals surface area contributed by atoms with Gasteiger partial charge in [-0.3, -0.25) is 4.79 Å². The summed E-state index contributed by atoms with van der Waals surface area (Å²) in [5.41, 5.74) is 1.16. The smallest absolute Gasteiger partial charge is 0.225 e. The number of rotatable bonds is 6. The molecule has 1 atom stereocenters. The summed E-state index contributed by atoms with van der Waals surface area (Å²) in [6.45, 7) is 4.85. The first-order chi connectivity index (χ1) is 8.54. The molecular formula is C15H22BrNO. The third-order valence-corrected chi connectivity index (χ3v) is 3.59. The van der Waals surface area contributed by atoms with Crippen LogP contribution in [0.15, 0.2) is 28.7 Å².